The highest BCUT2D eigenvalue weighted by Gasteiger charge is 2.23. The Morgan fingerprint density at radius 1 is 1.04 bits per heavy atom. The molecule has 0 aliphatic carbocycles. The van der Waals surface area contributed by atoms with Crippen LogP contribution < -0.4 is 0 Å². The van der Waals surface area contributed by atoms with E-state index in [1.807, 2.05) is 6.08 Å². The molecule has 1 aliphatic rings. The van der Waals surface area contributed by atoms with Crippen LogP contribution in [0.2, 0.25) is 0 Å². The number of halogens is 3. The number of rotatable bonds is 7. The number of unbranched alkanes of at least 4 members (excludes halogenated alkanes) is 2. The molecule has 1 aliphatic heterocycles. The molecule has 1 fully saturated rings. The fraction of sp³-hybridized carbons (Fsp3) is 0.417. The van der Waals surface area contributed by atoms with Crippen LogP contribution in [0.1, 0.15) is 56.3 Å². The lowest BCUT2D eigenvalue weighted by Crippen LogP contribution is -2.19. The van der Waals surface area contributed by atoms with Crippen molar-refractivity contribution in [2.75, 3.05) is 6.61 Å². The van der Waals surface area contributed by atoms with Crippen molar-refractivity contribution in [1.29, 1.82) is 0 Å². The van der Waals surface area contributed by atoms with Crippen molar-refractivity contribution in [2.24, 2.45) is 5.92 Å². The van der Waals surface area contributed by atoms with Crippen molar-refractivity contribution in [3.63, 3.8) is 0 Å². The minimum atomic E-state index is -0.983. The summed E-state index contributed by atoms with van der Waals surface area (Å²) in [6.07, 6.45) is 6.70. The van der Waals surface area contributed by atoms with Crippen molar-refractivity contribution < 1.29 is 17.9 Å². The highest BCUT2D eigenvalue weighted by molar-refractivity contribution is 5.66. The predicted octanol–water partition coefficient (Wildman–Crippen LogP) is 7.16. The molecular formula is C24H27F3O. The average Bonchev–Trinajstić information content (AvgIpc) is 2.72. The maximum Gasteiger partial charge on any atom is 0.167 e. The molecule has 3 rings (SSSR count). The van der Waals surface area contributed by atoms with Gasteiger partial charge in [0.2, 0.25) is 0 Å². The zero-order chi connectivity index (χ0) is 20.1. The first-order valence-corrected chi connectivity index (χ1v) is 10.1. The minimum Gasteiger partial charge on any atom is -0.373 e. The van der Waals surface area contributed by atoms with Gasteiger partial charge in [-0.2, -0.15) is 0 Å². The summed E-state index contributed by atoms with van der Waals surface area (Å²) in [7, 11) is 0. The van der Waals surface area contributed by atoms with Gasteiger partial charge >= 0.3 is 0 Å². The second-order valence-corrected chi connectivity index (χ2v) is 7.49. The Labute approximate surface area is 165 Å². The molecule has 0 saturated carbocycles. The maximum absolute atomic E-state index is 14.7. The number of hydrogen-bond donors (Lipinski definition) is 0. The summed E-state index contributed by atoms with van der Waals surface area (Å²) in [5.41, 5.74) is 1.09. The molecule has 1 nitrogen and oxygen atoms in total. The van der Waals surface area contributed by atoms with Crippen LogP contribution in [0.4, 0.5) is 13.2 Å². The normalized spacial score (nSPS) is 19.6. The molecule has 2 aromatic rings. The van der Waals surface area contributed by atoms with Gasteiger partial charge in [-0.3, -0.25) is 0 Å². The summed E-state index contributed by atoms with van der Waals surface area (Å²) in [5, 5.41) is 0. The van der Waals surface area contributed by atoms with Gasteiger partial charge in [-0.15, -0.1) is 6.58 Å². The Balaban J connectivity index is 1.80. The number of ether oxygens (including phenoxy) is 1. The first-order chi connectivity index (χ1) is 13.5. The summed E-state index contributed by atoms with van der Waals surface area (Å²) in [4.78, 5) is 0. The van der Waals surface area contributed by atoms with Gasteiger partial charge in [0.05, 0.1) is 12.7 Å². The van der Waals surface area contributed by atoms with Crippen LogP contribution in [-0.2, 0) is 11.2 Å². The monoisotopic (exact) mass is 388 g/mol. The smallest absolute Gasteiger partial charge is 0.167 e. The topological polar surface area (TPSA) is 9.23 Å². The Hall–Kier alpha value is -2.07. The molecule has 0 amide bonds. The fourth-order valence-electron chi connectivity index (χ4n) is 3.73. The van der Waals surface area contributed by atoms with E-state index in [-0.39, 0.29) is 17.2 Å². The highest BCUT2D eigenvalue weighted by Crippen LogP contribution is 2.34. The molecule has 2 unspecified atom stereocenters. The Morgan fingerprint density at radius 2 is 1.82 bits per heavy atom. The van der Waals surface area contributed by atoms with Gasteiger partial charge in [-0.25, -0.2) is 13.2 Å². The SMILES string of the molecule is C=CC1CCC(c2ccc(-c3ccc(CCCCC)c(F)c3F)c(F)c2)OC1. The second-order valence-electron chi connectivity index (χ2n) is 7.49. The van der Waals surface area contributed by atoms with Crippen LogP contribution in [-0.4, -0.2) is 6.61 Å². The molecule has 1 heterocycles. The lowest BCUT2D eigenvalue weighted by atomic mass is 9.93. The van der Waals surface area contributed by atoms with Crippen LogP contribution in [0.15, 0.2) is 43.0 Å². The van der Waals surface area contributed by atoms with E-state index in [1.165, 1.54) is 18.2 Å². The van der Waals surface area contributed by atoms with Crippen molar-refractivity contribution in [3.05, 3.63) is 71.6 Å². The van der Waals surface area contributed by atoms with Gasteiger partial charge in [-0.05, 0) is 42.9 Å². The Bertz CT molecular complexity index is 823. The molecule has 2 atom stereocenters. The van der Waals surface area contributed by atoms with Gasteiger partial charge in [0.15, 0.2) is 11.6 Å². The third-order valence-corrected chi connectivity index (χ3v) is 5.51. The highest BCUT2D eigenvalue weighted by atomic mass is 19.2. The van der Waals surface area contributed by atoms with Crippen LogP contribution >= 0.6 is 0 Å². The van der Waals surface area contributed by atoms with Gasteiger partial charge in [0, 0.05) is 17.0 Å². The summed E-state index contributed by atoms with van der Waals surface area (Å²) in [6.45, 7) is 6.40. The average molecular weight is 388 g/mol. The van der Waals surface area contributed by atoms with E-state index in [4.69, 9.17) is 4.74 Å². The summed E-state index contributed by atoms with van der Waals surface area (Å²) in [5.74, 6) is -2.09. The number of benzene rings is 2. The van der Waals surface area contributed by atoms with Crippen molar-refractivity contribution in [2.45, 2.75) is 51.6 Å². The fourth-order valence-corrected chi connectivity index (χ4v) is 3.73. The molecule has 0 N–H and O–H groups in total. The van der Waals surface area contributed by atoms with Crippen molar-refractivity contribution in [3.8, 4) is 11.1 Å². The molecule has 0 bridgehead atoms. The lowest BCUT2D eigenvalue weighted by molar-refractivity contribution is -0.00528. The van der Waals surface area contributed by atoms with Crippen LogP contribution in [0, 0.1) is 23.4 Å². The lowest BCUT2D eigenvalue weighted by Gasteiger charge is -2.27. The molecule has 4 heteroatoms. The molecular weight excluding hydrogens is 361 g/mol. The van der Waals surface area contributed by atoms with Crippen molar-refractivity contribution in [1.82, 2.24) is 0 Å². The van der Waals surface area contributed by atoms with Gasteiger partial charge < -0.3 is 4.74 Å². The van der Waals surface area contributed by atoms with E-state index in [0.29, 0.717) is 24.5 Å². The Morgan fingerprint density at radius 3 is 2.46 bits per heavy atom. The number of aryl methyl sites for hydroxylation is 1. The second kappa shape index (κ2) is 9.42. The van der Waals surface area contributed by atoms with E-state index < -0.39 is 17.5 Å². The first-order valence-electron chi connectivity index (χ1n) is 10.1. The van der Waals surface area contributed by atoms with Crippen LogP contribution in [0.3, 0.4) is 0 Å². The zero-order valence-electron chi connectivity index (χ0n) is 16.3. The first kappa shape index (κ1) is 20.7. The molecule has 0 spiro atoms. The summed E-state index contributed by atoms with van der Waals surface area (Å²) in [6, 6.07) is 7.67. The minimum absolute atomic E-state index is 0.0444. The van der Waals surface area contributed by atoms with Gasteiger partial charge in [-0.1, -0.05) is 50.1 Å². The summed E-state index contributed by atoms with van der Waals surface area (Å²) < 4.78 is 49.6. The van der Waals surface area contributed by atoms with E-state index in [1.54, 1.807) is 12.1 Å². The van der Waals surface area contributed by atoms with E-state index in [9.17, 15) is 13.2 Å². The Kier molecular flexibility index (Phi) is 6.95. The van der Waals surface area contributed by atoms with Gasteiger partial charge in [0.1, 0.15) is 5.82 Å². The van der Waals surface area contributed by atoms with Gasteiger partial charge in [0.25, 0.3) is 0 Å². The molecule has 150 valence electrons. The largest absolute Gasteiger partial charge is 0.373 e. The quantitative estimate of drug-likeness (QED) is 0.361. The van der Waals surface area contributed by atoms with Crippen molar-refractivity contribution >= 4 is 0 Å². The van der Waals surface area contributed by atoms with Crippen LogP contribution in [0.5, 0.6) is 0 Å². The third kappa shape index (κ3) is 4.49. The molecule has 0 aromatic heterocycles. The van der Waals surface area contributed by atoms with E-state index in [2.05, 4.69) is 13.5 Å². The summed E-state index contributed by atoms with van der Waals surface area (Å²) >= 11 is 0. The van der Waals surface area contributed by atoms with Crippen LogP contribution in [0.25, 0.3) is 11.1 Å². The third-order valence-electron chi connectivity index (χ3n) is 5.51. The molecule has 0 radical (unpaired) electrons. The molecule has 1 saturated heterocycles. The number of hydrogen-bond acceptors (Lipinski definition) is 1. The standard InChI is InChI=1S/C24H27F3O/c1-3-5-6-7-17-9-12-20(24(27)23(17)26)19-11-10-18(14-21(19)25)22-13-8-16(4-2)15-28-22/h4,9-12,14,16,22H,2-3,5-8,13,15H2,1H3. The van der Waals surface area contributed by atoms with E-state index in [0.717, 1.165) is 37.7 Å². The maximum atomic E-state index is 14.7. The molecule has 2 aromatic carbocycles. The van der Waals surface area contributed by atoms with E-state index >= 15 is 0 Å². The predicted molar refractivity (Wildman–Crippen MR) is 107 cm³/mol. The molecule has 28 heavy (non-hydrogen) atoms. The zero-order valence-corrected chi connectivity index (χ0v) is 16.3.